The molecule has 2 N–H and O–H groups in total. The molecular weight excluding hydrogens is 448 g/mol. The number of aromatic nitrogens is 4. The van der Waals surface area contributed by atoms with Gasteiger partial charge in [0.1, 0.15) is 11.3 Å². The summed E-state index contributed by atoms with van der Waals surface area (Å²) < 4.78 is 1.96. The maximum absolute atomic E-state index is 12.4. The van der Waals surface area contributed by atoms with Crippen LogP contribution in [0, 0.1) is 6.92 Å². The molecule has 1 amide bonds. The van der Waals surface area contributed by atoms with Gasteiger partial charge in [0.2, 0.25) is 0 Å². The number of fused-ring (bicyclic) bond motifs is 1. The van der Waals surface area contributed by atoms with Gasteiger partial charge in [-0.1, -0.05) is 35.9 Å². The van der Waals surface area contributed by atoms with Gasteiger partial charge in [-0.3, -0.25) is 9.36 Å². The smallest absolute Gasteiger partial charge is 0.274 e. The van der Waals surface area contributed by atoms with Crippen molar-refractivity contribution in [2.45, 2.75) is 13.5 Å². The van der Waals surface area contributed by atoms with Crippen LogP contribution in [-0.4, -0.2) is 25.4 Å². The van der Waals surface area contributed by atoms with Gasteiger partial charge in [-0.05, 0) is 60.5 Å². The lowest BCUT2D eigenvalue weighted by molar-refractivity contribution is 0.0946. The molecule has 0 aliphatic rings. The first-order valence-corrected chi connectivity index (χ1v) is 11.0. The van der Waals surface area contributed by atoms with Gasteiger partial charge in [-0.15, -0.1) is 0 Å². The van der Waals surface area contributed by atoms with Crippen LogP contribution in [0.3, 0.4) is 0 Å². The van der Waals surface area contributed by atoms with Crippen molar-refractivity contribution in [1.82, 2.24) is 24.8 Å². The van der Waals surface area contributed by atoms with Gasteiger partial charge >= 0.3 is 0 Å². The summed E-state index contributed by atoms with van der Waals surface area (Å²) in [5.74, 6) is 0.707. The quantitative estimate of drug-likeness (QED) is 0.393. The van der Waals surface area contributed by atoms with Crippen molar-refractivity contribution in [1.29, 1.82) is 0 Å². The van der Waals surface area contributed by atoms with Gasteiger partial charge in [0.15, 0.2) is 11.5 Å². The van der Waals surface area contributed by atoms with Gasteiger partial charge in [-0.2, -0.15) is 0 Å². The fourth-order valence-electron chi connectivity index (χ4n) is 3.73. The number of nitrogens with zero attached hydrogens (tertiary/aromatic N) is 5. The number of hydrogen-bond acceptors (Lipinski definition) is 5. The van der Waals surface area contributed by atoms with E-state index in [1.165, 1.54) is 0 Å². The van der Waals surface area contributed by atoms with E-state index in [1.54, 1.807) is 30.5 Å². The minimum absolute atomic E-state index is 0.245. The van der Waals surface area contributed by atoms with Crippen molar-refractivity contribution < 1.29 is 4.79 Å². The Morgan fingerprint density at radius 2 is 1.85 bits per heavy atom. The molecule has 7 nitrogen and oxygen atoms in total. The largest absolute Gasteiger partial charge is 0.383 e. The highest BCUT2D eigenvalue weighted by Crippen LogP contribution is 2.30. The minimum Gasteiger partial charge on any atom is -0.383 e. The number of rotatable bonds is 5. The minimum atomic E-state index is -0.343. The summed E-state index contributed by atoms with van der Waals surface area (Å²) in [4.78, 5) is 26.1. The number of nitrogens with two attached hydrogens (primary N) is 1. The van der Waals surface area contributed by atoms with Crippen molar-refractivity contribution in [3.8, 4) is 17.1 Å². The maximum atomic E-state index is 12.4. The molecule has 0 aliphatic heterocycles. The number of pyridine rings is 2. The van der Waals surface area contributed by atoms with Crippen LogP contribution in [-0.2, 0) is 6.54 Å². The normalized spacial score (nSPS) is 11.0. The lowest BCUT2D eigenvalue weighted by Gasteiger charge is -2.11. The second-order valence-electron chi connectivity index (χ2n) is 7.83. The summed E-state index contributed by atoms with van der Waals surface area (Å²) in [5, 5.41) is 4.57. The summed E-state index contributed by atoms with van der Waals surface area (Å²) in [6.45, 7) is 2.22. The zero-order valence-corrected chi connectivity index (χ0v) is 19.1. The lowest BCUT2D eigenvalue weighted by Crippen LogP contribution is -2.15. The lowest BCUT2D eigenvalue weighted by atomic mass is 10.1. The summed E-state index contributed by atoms with van der Waals surface area (Å²) in [7, 11) is 0. The van der Waals surface area contributed by atoms with Crippen LogP contribution in [0.15, 0.2) is 79.1 Å². The summed E-state index contributed by atoms with van der Waals surface area (Å²) >= 11 is 6.10. The van der Waals surface area contributed by atoms with E-state index in [1.807, 2.05) is 60.2 Å². The molecular formula is C26H20ClN6O. The van der Waals surface area contributed by atoms with Crippen molar-refractivity contribution in [2.24, 2.45) is 0 Å². The fraction of sp³-hybridized carbons (Fsp3) is 0.0769. The highest BCUT2D eigenvalue weighted by atomic mass is 35.5. The number of carbonyl (C=O) groups is 1. The number of anilines is 1. The molecule has 1 radical (unpaired) electrons. The van der Waals surface area contributed by atoms with Gasteiger partial charge in [0.25, 0.3) is 5.91 Å². The Balaban J connectivity index is 1.47. The van der Waals surface area contributed by atoms with Gasteiger partial charge < -0.3 is 5.73 Å². The van der Waals surface area contributed by atoms with E-state index in [2.05, 4.69) is 15.3 Å². The number of carbonyl (C=O) groups excluding carboxylic acids is 1. The number of halogens is 1. The average Bonchev–Trinajstić information content (AvgIpc) is 3.21. The Morgan fingerprint density at radius 3 is 2.62 bits per heavy atom. The molecule has 3 heterocycles. The van der Waals surface area contributed by atoms with Crippen LogP contribution < -0.4 is 11.1 Å². The van der Waals surface area contributed by atoms with Gasteiger partial charge in [0, 0.05) is 18.1 Å². The summed E-state index contributed by atoms with van der Waals surface area (Å²) in [6, 6.07) is 20.3. The average molecular weight is 468 g/mol. The Morgan fingerprint density at radius 1 is 1.06 bits per heavy atom. The third-order valence-electron chi connectivity index (χ3n) is 5.42. The molecule has 167 valence electrons. The molecule has 0 bridgehead atoms. The Bertz CT molecular complexity index is 1510. The van der Waals surface area contributed by atoms with Crippen LogP contribution in [0.5, 0.6) is 0 Å². The van der Waals surface area contributed by atoms with E-state index in [4.69, 9.17) is 22.3 Å². The molecule has 5 aromatic rings. The highest BCUT2D eigenvalue weighted by Gasteiger charge is 2.18. The van der Waals surface area contributed by atoms with Crippen LogP contribution >= 0.6 is 11.6 Å². The van der Waals surface area contributed by atoms with E-state index in [9.17, 15) is 4.79 Å². The van der Waals surface area contributed by atoms with Crippen LogP contribution in [0.2, 0.25) is 5.02 Å². The van der Waals surface area contributed by atoms with Gasteiger partial charge in [0.05, 0.1) is 22.7 Å². The molecule has 0 atom stereocenters. The molecule has 0 spiro atoms. The molecule has 0 saturated carbocycles. The number of benzene rings is 2. The predicted octanol–water partition coefficient (Wildman–Crippen LogP) is 4.97. The van der Waals surface area contributed by atoms with Crippen molar-refractivity contribution in [3.05, 3.63) is 101 Å². The predicted molar refractivity (Wildman–Crippen MR) is 133 cm³/mol. The fourth-order valence-corrected chi connectivity index (χ4v) is 3.95. The second kappa shape index (κ2) is 8.96. The van der Waals surface area contributed by atoms with Crippen molar-refractivity contribution >= 4 is 34.5 Å². The molecule has 0 aliphatic carbocycles. The SMILES string of the molecule is Cc1cnc2c(c1)nc(-c1cccnc1N)n2-c1ccc(C[N]C(=O)c2ccccc2Cl)cc1. The second-order valence-corrected chi connectivity index (χ2v) is 8.24. The van der Waals surface area contributed by atoms with Crippen LogP contribution in [0.1, 0.15) is 21.5 Å². The van der Waals surface area contributed by atoms with Crippen LogP contribution in [0.4, 0.5) is 5.82 Å². The van der Waals surface area contributed by atoms with E-state index in [-0.39, 0.29) is 12.5 Å². The first-order chi connectivity index (χ1) is 16.5. The molecule has 2 aromatic carbocycles. The molecule has 0 saturated heterocycles. The Kier molecular flexibility index (Phi) is 5.69. The summed E-state index contributed by atoms with van der Waals surface area (Å²) in [6.07, 6.45) is 3.46. The third kappa shape index (κ3) is 4.09. The summed E-state index contributed by atoms with van der Waals surface area (Å²) in [5.41, 5.74) is 11.5. The molecule has 3 aromatic heterocycles. The first kappa shape index (κ1) is 21.6. The number of hydrogen-bond donors (Lipinski definition) is 1. The Hall–Kier alpha value is -4.23. The monoisotopic (exact) mass is 467 g/mol. The number of aryl methyl sites for hydroxylation is 1. The zero-order chi connectivity index (χ0) is 23.7. The van der Waals surface area contributed by atoms with Crippen LogP contribution in [0.25, 0.3) is 28.2 Å². The molecule has 0 fully saturated rings. The third-order valence-corrected chi connectivity index (χ3v) is 5.75. The molecule has 34 heavy (non-hydrogen) atoms. The topological polar surface area (TPSA) is 101 Å². The van der Waals surface area contributed by atoms with Crippen molar-refractivity contribution in [3.63, 3.8) is 0 Å². The van der Waals surface area contributed by atoms with Crippen molar-refractivity contribution in [2.75, 3.05) is 5.73 Å². The van der Waals surface area contributed by atoms with E-state index < -0.39 is 0 Å². The standard InChI is InChI=1S/C26H20ClN6O/c1-16-13-22-25(30-14-16)33(24(32-22)20-6-4-12-29-23(20)28)18-10-8-17(9-11-18)15-31-26(34)19-5-2-3-7-21(19)27/h2-14H,15H2,1H3,(H2,28,29). The van der Waals surface area contributed by atoms with Gasteiger partial charge in [-0.25, -0.2) is 20.3 Å². The number of nitrogen functional groups attached to an aromatic ring is 1. The van der Waals surface area contributed by atoms with E-state index >= 15 is 0 Å². The van der Waals surface area contributed by atoms with E-state index in [0.717, 1.165) is 33.5 Å². The number of amides is 1. The highest BCUT2D eigenvalue weighted by molar-refractivity contribution is 6.33. The molecule has 0 unspecified atom stereocenters. The van der Waals surface area contributed by atoms with E-state index in [0.29, 0.717) is 22.2 Å². The maximum Gasteiger partial charge on any atom is 0.274 e. The molecule has 8 heteroatoms. The molecule has 5 rings (SSSR count). The first-order valence-electron chi connectivity index (χ1n) is 10.6. The zero-order valence-electron chi connectivity index (χ0n) is 18.3. The Labute approximate surface area is 201 Å². The number of imidazole rings is 1.